The molecule has 10 heteroatoms. The Kier molecular flexibility index (Phi) is 7.43. The smallest absolute Gasteiger partial charge is 0.248 e. The van der Waals surface area contributed by atoms with Gasteiger partial charge in [-0.1, -0.05) is 15.9 Å². The summed E-state index contributed by atoms with van der Waals surface area (Å²) < 4.78 is 51.4. The molecule has 0 spiro atoms. The van der Waals surface area contributed by atoms with Crippen molar-refractivity contribution in [2.24, 2.45) is 0 Å². The van der Waals surface area contributed by atoms with Crippen molar-refractivity contribution in [2.75, 3.05) is 40.2 Å². The Balaban J connectivity index is 2.10. The van der Waals surface area contributed by atoms with Crippen LogP contribution < -0.4 is 18.9 Å². The number of hydrogen-bond donors (Lipinski definition) is 0. The van der Waals surface area contributed by atoms with Crippen LogP contribution in [-0.2, 0) is 10.0 Å². The standard InChI is InChI=1S/C20H24BrNO6S2/c1-5-28-15-7-6-13(21)10-19(15)30(23,24)22-8-9-29-20(22)14-11-17(26-3)18(27-4)12-16(14)25-2/h6-7,10-12,20H,5,8-9H2,1-4H3. The molecule has 1 aliphatic heterocycles. The Bertz CT molecular complexity index is 1010. The lowest BCUT2D eigenvalue weighted by Gasteiger charge is -2.26. The molecule has 1 atom stereocenters. The average Bonchev–Trinajstić information content (AvgIpc) is 3.24. The maximum absolute atomic E-state index is 13.7. The van der Waals surface area contributed by atoms with Crippen molar-refractivity contribution in [1.29, 1.82) is 0 Å². The van der Waals surface area contributed by atoms with Gasteiger partial charge in [-0.3, -0.25) is 0 Å². The molecule has 0 N–H and O–H groups in total. The van der Waals surface area contributed by atoms with Crippen LogP contribution in [-0.4, -0.2) is 53.0 Å². The number of thioether (sulfide) groups is 1. The molecule has 0 bridgehead atoms. The summed E-state index contributed by atoms with van der Waals surface area (Å²) in [7, 11) is 0.789. The fourth-order valence-corrected chi connectivity index (χ4v) is 7.19. The molecule has 0 amide bonds. The second kappa shape index (κ2) is 9.67. The van der Waals surface area contributed by atoms with Crippen molar-refractivity contribution < 1.29 is 27.4 Å². The summed E-state index contributed by atoms with van der Waals surface area (Å²) >= 11 is 4.90. The van der Waals surface area contributed by atoms with Crippen LogP contribution in [0.4, 0.5) is 0 Å². The number of methoxy groups -OCH3 is 3. The van der Waals surface area contributed by atoms with Gasteiger partial charge in [0.1, 0.15) is 16.4 Å². The highest BCUT2D eigenvalue weighted by Gasteiger charge is 2.40. The van der Waals surface area contributed by atoms with E-state index >= 15 is 0 Å². The van der Waals surface area contributed by atoms with Gasteiger partial charge in [0.05, 0.1) is 33.3 Å². The lowest BCUT2D eigenvalue weighted by molar-refractivity contribution is 0.328. The van der Waals surface area contributed by atoms with Crippen molar-refractivity contribution in [3.63, 3.8) is 0 Å². The zero-order chi connectivity index (χ0) is 21.9. The number of ether oxygens (including phenoxy) is 4. The van der Waals surface area contributed by atoms with Gasteiger partial charge < -0.3 is 18.9 Å². The Hall–Kier alpha value is -1.62. The Labute approximate surface area is 189 Å². The quantitative estimate of drug-likeness (QED) is 0.516. The van der Waals surface area contributed by atoms with Crippen LogP contribution in [0, 0.1) is 0 Å². The maximum Gasteiger partial charge on any atom is 0.248 e. The van der Waals surface area contributed by atoms with Gasteiger partial charge in [0.2, 0.25) is 10.0 Å². The first-order valence-electron chi connectivity index (χ1n) is 9.23. The van der Waals surface area contributed by atoms with Crippen LogP contribution in [0.1, 0.15) is 17.9 Å². The predicted octanol–water partition coefficient (Wildman–Crippen LogP) is 4.31. The lowest BCUT2D eigenvalue weighted by Crippen LogP contribution is -2.31. The molecule has 1 fully saturated rings. The molecule has 2 aromatic rings. The topological polar surface area (TPSA) is 74.3 Å². The van der Waals surface area contributed by atoms with Crippen LogP contribution in [0.2, 0.25) is 0 Å². The number of benzene rings is 2. The predicted molar refractivity (Wildman–Crippen MR) is 120 cm³/mol. The summed E-state index contributed by atoms with van der Waals surface area (Å²) in [5.74, 6) is 2.54. The van der Waals surface area contributed by atoms with E-state index in [0.29, 0.717) is 51.9 Å². The first-order valence-corrected chi connectivity index (χ1v) is 12.5. The van der Waals surface area contributed by atoms with Crippen LogP contribution in [0.15, 0.2) is 39.7 Å². The zero-order valence-corrected chi connectivity index (χ0v) is 20.4. The second-order valence-electron chi connectivity index (χ2n) is 6.31. The summed E-state index contributed by atoms with van der Waals surface area (Å²) in [6.07, 6.45) is 0. The van der Waals surface area contributed by atoms with Gasteiger partial charge in [-0.15, -0.1) is 11.8 Å². The monoisotopic (exact) mass is 517 g/mol. The SMILES string of the molecule is CCOc1ccc(Br)cc1S(=O)(=O)N1CCSC1c1cc(OC)c(OC)cc1OC. The van der Waals surface area contributed by atoms with Crippen molar-refractivity contribution in [1.82, 2.24) is 4.31 Å². The first-order chi connectivity index (χ1) is 14.4. The minimum absolute atomic E-state index is 0.130. The molecule has 164 valence electrons. The normalized spacial score (nSPS) is 17.0. The van der Waals surface area contributed by atoms with Crippen molar-refractivity contribution in [3.05, 3.63) is 40.4 Å². The number of hydrogen-bond acceptors (Lipinski definition) is 7. The summed E-state index contributed by atoms with van der Waals surface area (Å²) in [6.45, 7) is 2.56. The Morgan fingerprint density at radius 2 is 1.70 bits per heavy atom. The van der Waals surface area contributed by atoms with Crippen LogP contribution >= 0.6 is 27.7 Å². The maximum atomic E-state index is 13.7. The van der Waals surface area contributed by atoms with Gasteiger partial charge in [0.25, 0.3) is 0 Å². The summed E-state index contributed by atoms with van der Waals surface area (Å²) in [5.41, 5.74) is 0.703. The van der Waals surface area contributed by atoms with E-state index < -0.39 is 15.4 Å². The molecule has 1 saturated heterocycles. The zero-order valence-electron chi connectivity index (χ0n) is 17.2. The van der Waals surface area contributed by atoms with Gasteiger partial charge in [0, 0.05) is 28.4 Å². The second-order valence-corrected chi connectivity index (χ2v) is 10.3. The molecule has 0 aromatic heterocycles. The molecule has 1 heterocycles. The summed E-state index contributed by atoms with van der Waals surface area (Å²) in [5, 5.41) is -0.474. The average molecular weight is 518 g/mol. The molecule has 2 aromatic carbocycles. The van der Waals surface area contributed by atoms with E-state index in [1.807, 2.05) is 6.92 Å². The third-order valence-electron chi connectivity index (χ3n) is 4.64. The molecular weight excluding hydrogens is 494 g/mol. The molecule has 0 aliphatic carbocycles. The molecule has 30 heavy (non-hydrogen) atoms. The largest absolute Gasteiger partial charge is 0.496 e. The van der Waals surface area contributed by atoms with E-state index in [0.717, 1.165) is 0 Å². The fourth-order valence-electron chi connectivity index (χ4n) is 3.28. The number of rotatable bonds is 8. The van der Waals surface area contributed by atoms with Gasteiger partial charge in [0.15, 0.2) is 11.5 Å². The van der Waals surface area contributed by atoms with Gasteiger partial charge in [-0.25, -0.2) is 8.42 Å². The molecule has 7 nitrogen and oxygen atoms in total. The van der Waals surface area contributed by atoms with E-state index in [9.17, 15) is 8.42 Å². The Morgan fingerprint density at radius 3 is 2.33 bits per heavy atom. The molecule has 1 aliphatic rings. The molecular formula is C20H24BrNO6S2. The highest BCUT2D eigenvalue weighted by atomic mass is 79.9. The van der Waals surface area contributed by atoms with E-state index in [2.05, 4.69) is 15.9 Å². The molecule has 1 unspecified atom stereocenters. The van der Waals surface area contributed by atoms with Gasteiger partial charge >= 0.3 is 0 Å². The third-order valence-corrected chi connectivity index (χ3v) is 8.40. The van der Waals surface area contributed by atoms with Crippen molar-refractivity contribution in [3.8, 4) is 23.0 Å². The van der Waals surface area contributed by atoms with Crippen molar-refractivity contribution in [2.45, 2.75) is 17.2 Å². The summed E-state index contributed by atoms with van der Waals surface area (Å²) in [4.78, 5) is 0.130. The minimum atomic E-state index is -3.84. The van der Waals surface area contributed by atoms with Crippen LogP contribution in [0.3, 0.4) is 0 Å². The minimum Gasteiger partial charge on any atom is -0.496 e. The molecule has 0 saturated carbocycles. The Morgan fingerprint density at radius 1 is 1.03 bits per heavy atom. The highest BCUT2D eigenvalue weighted by Crippen LogP contribution is 2.48. The van der Waals surface area contributed by atoms with E-state index in [-0.39, 0.29) is 4.90 Å². The number of nitrogens with zero attached hydrogens (tertiary/aromatic N) is 1. The number of halogens is 1. The first kappa shape index (κ1) is 23.1. The van der Waals surface area contributed by atoms with E-state index in [1.54, 1.807) is 51.7 Å². The van der Waals surface area contributed by atoms with Gasteiger partial charge in [-0.2, -0.15) is 4.31 Å². The van der Waals surface area contributed by atoms with Crippen LogP contribution in [0.5, 0.6) is 23.0 Å². The highest BCUT2D eigenvalue weighted by molar-refractivity contribution is 9.10. The number of sulfonamides is 1. The molecule has 0 radical (unpaired) electrons. The van der Waals surface area contributed by atoms with Crippen LogP contribution in [0.25, 0.3) is 0 Å². The van der Waals surface area contributed by atoms with Gasteiger partial charge in [-0.05, 0) is 31.2 Å². The summed E-state index contributed by atoms with van der Waals surface area (Å²) in [6, 6.07) is 8.48. The van der Waals surface area contributed by atoms with E-state index in [1.165, 1.54) is 16.1 Å². The fraction of sp³-hybridized carbons (Fsp3) is 0.400. The molecule has 3 rings (SSSR count). The van der Waals surface area contributed by atoms with E-state index in [4.69, 9.17) is 18.9 Å². The third kappa shape index (κ3) is 4.37. The van der Waals surface area contributed by atoms with Crippen molar-refractivity contribution >= 4 is 37.7 Å². The lowest BCUT2D eigenvalue weighted by atomic mass is 10.1.